The lowest BCUT2D eigenvalue weighted by Crippen LogP contribution is -2.28. The molecule has 0 spiro atoms. The van der Waals surface area contributed by atoms with E-state index in [0.717, 1.165) is 24.1 Å². The van der Waals surface area contributed by atoms with Crippen molar-refractivity contribution >= 4 is 34.6 Å². The second-order valence-corrected chi connectivity index (χ2v) is 4.24. The van der Waals surface area contributed by atoms with Gasteiger partial charge in [0, 0.05) is 30.9 Å². The summed E-state index contributed by atoms with van der Waals surface area (Å²) in [6.45, 7) is 0. The van der Waals surface area contributed by atoms with Crippen LogP contribution >= 0.6 is 23.8 Å². The highest BCUT2D eigenvalue weighted by Crippen LogP contribution is 2.07. The Labute approximate surface area is 111 Å². The number of halogens is 1. The second kappa shape index (κ2) is 7.19. The summed E-state index contributed by atoms with van der Waals surface area (Å²) in [5.74, 6) is 0.593. The topological polar surface area (TPSA) is 54.5 Å². The second-order valence-electron chi connectivity index (χ2n) is 3.44. The number of pyridine rings is 1. The normalized spacial score (nSPS) is 11.3. The predicted octanol–water partition coefficient (Wildman–Crippen LogP) is 1.98. The van der Waals surface area contributed by atoms with Crippen LogP contribution in [0, 0.1) is 0 Å². The quantitative estimate of drug-likeness (QED) is 0.385. The van der Waals surface area contributed by atoms with Crippen LogP contribution in [-0.4, -0.2) is 33.7 Å². The Kier molecular flexibility index (Phi) is 5.86. The number of hydrazone groups is 1. The van der Waals surface area contributed by atoms with Gasteiger partial charge in [-0.25, -0.2) is 5.01 Å². The molecule has 0 aromatic carbocycles. The van der Waals surface area contributed by atoms with E-state index in [1.807, 2.05) is 12.1 Å². The van der Waals surface area contributed by atoms with Crippen molar-refractivity contribution in [2.24, 2.45) is 10.8 Å². The zero-order chi connectivity index (χ0) is 12.7. The maximum atomic E-state index is 5.70. The van der Waals surface area contributed by atoms with E-state index in [-0.39, 0.29) is 5.11 Å². The fraction of sp³-hybridized carbons (Fsp3) is 0.364. The number of hydrogen-bond acceptors (Lipinski definition) is 3. The van der Waals surface area contributed by atoms with Gasteiger partial charge in [-0.15, -0.1) is 11.6 Å². The minimum absolute atomic E-state index is 0.234. The molecule has 0 atom stereocenters. The number of nitrogens with two attached hydrogens (primary N) is 1. The molecule has 0 radical (unpaired) electrons. The molecule has 1 aromatic heterocycles. The molecule has 0 saturated heterocycles. The van der Waals surface area contributed by atoms with Gasteiger partial charge in [-0.05, 0) is 31.1 Å². The van der Waals surface area contributed by atoms with Gasteiger partial charge in [0.2, 0.25) is 0 Å². The minimum Gasteiger partial charge on any atom is -0.375 e. The molecule has 4 nitrogen and oxygen atoms in total. The van der Waals surface area contributed by atoms with E-state index in [1.165, 1.54) is 5.01 Å². The van der Waals surface area contributed by atoms with Gasteiger partial charge in [-0.2, -0.15) is 5.10 Å². The van der Waals surface area contributed by atoms with Crippen molar-refractivity contribution in [3.05, 3.63) is 30.1 Å². The molecule has 0 bridgehead atoms. The molecular formula is C11H15ClN4S. The van der Waals surface area contributed by atoms with Gasteiger partial charge in [-0.1, -0.05) is 6.07 Å². The third-order valence-electron chi connectivity index (χ3n) is 2.13. The van der Waals surface area contributed by atoms with E-state index < -0.39 is 0 Å². The van der Waals surface area contributed by atoms with Crippen LogP contribution in [0.3, 0.4) is 0 Å². The van der Waals surface area contributed by atoms with Crippen LogP contribution in [0.1, 0.15) is 18.4 Å². The first-order valence-electron chi connectivity index (χ1n) is 5.22. The Hall–Kier alpha value is -1.20. The van der Waals surface area contributed by atoms with Crippen LogP contribution in [-0.2, 0) is 0 Å². The summed E-state index contributed by atoms with van der Waals surface area (Å²) in [7, 11) is 1.72. The number of aromatic nitrogens is 1. The standard InChI is InChI=1S/C11H15ClN4S/c1-16(11(13)17)15-10(5-2-6-12)9-4-3-7-14-8-9/h3-4,7-8H,2,5-6H2,1H3,(H2,13,17)/b15-10+. The van der Waals surface area contributed by atoms with Crippen LogP contribution in [0.4, 0.5) is 0 Å². The summed E-state index contributed by atoms with van der Waals surface area (Å²) in [6.07, 6.45) is 5.10. The lowest BCUT2D eigenvalue weighted by molar-refractivity contribution is 0.546. The highest BCUT2D eigenvalue weighted by molar-refractivity contribution is 7.80. The predicted molar refractivity (Wildman–Crippen MR) is 75.3 cm³/mol. The average Bonchev–Trinajstić information content (AvgIpc) is 2.35. The van der Waals surface area contributed by atoms with E-state index in [9.17, 15) is 0 Å². The molecule has 1 rings (SSSR count). The Morgan fingerprint density at radius 2 is 2.41 bits per heavy atom. The van der Waals surface area contributed by atoms with Gasteiger partial charge in [-0.3, -0.25) is 4.98 Å². The maximum absolute atomic E-state index is 5.70. The Balaban J connectivity index is 2.91. The van der Waals surface area contributed by atoms with Crippen molar-refractivity contribution in [3.63, 3.8) is 0 Å². The maximum Gasteiger partial charge on any atom is 0.186 e. The van der Waals surface area contributed by atoms with E-state index >= 15 is 0 Å². The van der Waals surface area contributed by atoms with E-state index in [4.69, 9.17) is 29.6 Å². The molecule has 2 N–H and O–H groups in total. The smallest absolute Gasteiger partial charge is 0.186 e. The summed E-state index contributed by atoms with van der Waals surface area (Å²) in [5, 5.41) is 6.08. The number of rotatable bonds is 5. The lowest BCUT2D eigenvalue weighted by atomic mass is 10.1. The van der Waals surface area contributed by atoms with Crippen molar-refractivity contribution in [2.45, 2.75) is 12.8 Å². The van der Waals surface area contributed by atoms with Crippen molar-refractivity contribution < 1.29 is 0 Å². The van der Waals surface area contributed by atoms with Crippen molar-refractivity contribution in [2.75, 3.05) is 12.9 Å². The molecule has 0 fully saturated rings. The summed E-state index contributed by atoms with van der Waals surface area (Å²) >= 11 is 10.6. The van der Waals surface area contributed by atoms with Gasteiger partial charge in [0.25, 0.3) is 0 Å². The first-order valence-corrected chi connectivity index (χ1v) is 6.16. The third kappa shape index (κ3) is 4.66. The molecule has 1 aromatic rings. The molecular weight excluding hydrogens is 256 g/mol. The van der Waals surface area contributed by atoms with Crippen molar-refractivity contribution in [1.29, 1.82) is 0 Å². The van der Waals surface area contributed by atoms with Crippen LogP contribution in [0.5, 0.6) is 0 Å². The number of hydrogen-bond donors (Lipinski definition) is 1. The monoisotopic (exact) mass is 270 g/mol. The first-order chi connectivity index (χ1) is 8.15. The van der Waals surface area contributed by atoms with E-state index in [2.05, 4.69) is 10.1 Å². The van der Waals surface area contributed by atoms with Gasteiger partial charge >= 0.3 is 0 Å². The lowest BCUT2D eigenvalue weighted by Gasteiger charge is -2.13. The van der Waals surface area contributed by atoms with Gasteiger partial charge in [0.1, 0.15) is 0 Å². The zero-order valence-electron chi connectivity index (χ0n) is 9.64. The highest BCUT2D eigenvalue weighted by atomic mass is 35.5. The molecule has 0 aliphatic rings. The van der Waals surface area contributed by atoms with Crippen molar-refractivity contribution in [3.8, 4) is 0 Å². The largest absolute Gasteiger partial charge is 0.375 e. The molecule has 0 aliphatic heterocycles. The number of thiocarbonyl (C=S) groups is 1. The van der Waals surface area contributed by atoms with E-state index in [1.54, 1.807) is 19.4 Å². The van der Waals surface area contributed by atoms with Gasteiger partial charge in [0.05, 0.1) is 5.71 Å². The van der Waals surface area contributed by atoms with Gasteiger partial charge < -0.3 is 5.73 Å². The molecule has 0 amide bonds. The minimum atomic E-state index is 0.234. The number of alkyl halides is 1. The molecule has 17 heavy (non-hydrogen) atoms. The van der Waals surface area contributed by atoms with Crippen molar-refractivity contribution in [1.82, 2.24) is 9.99 Å². The average molecular weight is 271 g/mol. The Morgan fingerprint density at radius 1 is 1.65 bits per heavy atom. The third-order valence-corrected chi connectivity index (χ3v) is 2.66. The molecule has 92 valence electrons. The highest BCUT2D eigenvalue weighted by Gasteiger charge is 2.06. The molecule has 0 saturated carbocycles. The SMILES string of the molecule is CN(/N=C(\CCCCl)c1cccnc1)C(N)=S. The summed E-state index contributed by atoms with van der Waals surface area (Å²) in [5.41, 5.74) is 7.34. The Morgan fingerprint density at radius 3 is 2.94 bits per heavy atom. The molecule has 1 heterocycles. The molecule has 0 aliphatic carbocycles. The molecule has 0 unspecified atom stereocenters. The van der Waals surface area contributed by atoms with E-state index in [0.29, 0.717) is 5.88 Å². The summed E-state index contributed by atoms with van der Waals surface area (Å²) < 4.78 is 0. The summed E-state index contributed by atoms with van der Waals surface area (Å²) in [4.78, 5) is 4.07. The van der Waals surface area contributed by atoms with Crippen LogP contribution in [0.2, 0.25) is 0 Å². The summed E-state index contributed by atoms with van der Waals surface area (Å²) in [6, 6.07) is 3.82. The number of nitrogens with zero attached hydrogens (tertiary/aromatic N) is 3. The van der Waals surface area contributed by atoms with Crippen LogP contribution in [0.15, 0.2) is 29.6 Å². The fourth-order valence-corrected chi connectivity index (χ4v) is 1.42. The zero-order valence-corrected chi connectivity index (χ0v) is 11.2. The Bertz CT molecular complexity index is 394. The fourth-order valence-electron chi connectivity index (χ4n) is 1.25. The first kappa shape index (κ1) is 13.9. The van der Waals surface area contributed by atoms with Crippen LogP contribution < -0.4 is 5.73 Å². The van der Waals surface area contributed by atoms with Crippen LogP contribution in [0.25, 0.3) is 0 Å². The molecule has 6 heteroatoms. The van der Waals surface area contributed by atoms with Gasteiger partial charge in [0.15, 0.2) is 5.11 Å².